The molecule has 0 bridgehead atoms. The Labute approximate surface area is 159 Å². The predicted octanol–water partition coefficient (Wildman–Crippen LogP) is 3.55. The molecule has 2 atom stereocenters. The van der Waals surface area contributed by atoms with Crippen molar-refractivity contribution in [3.05, 3.63) is 29.3 Å². The van der Waals surface area contributed by atoms with Crippen LogP contribution in [0.2, 0.25) is 0 Å². The Kier molecular flexibility index (Phi) is 5.96. The molecule has 1 aromatic heterocycles. The molecule has 1 saturated heterocycles. The number of hydrogen-bond acceptors (Lipinski definition) is 5. The highest BCUT2D eigenvalue weighted by Crippen LogP contribution is 2.28. The van der Waals surface area contributed by atoms with Crippen LogP contribution in [0.25, 0.3) is 5.69 Å². The molecule has 0 radical (unpaired) electrons. The highest BCUT2D eigenvalue weighted by Gasteiger charge is 2.30. The average Bonchev–Trinajstić information content (AvgIpc) is 3.11. The molecule has 3 rings (SSSR count). The Morgan fingerprint density at radius 3 is 2.92 bits per heavy atom. The maximum atomic E-state index is 13.0. The molecule has 2 aromatic rings. The number of aryl methyl sites for hydroxylation is 1. The van der Waals surface area contributed by atoms with Gasteiger partial charge in [0.25, 0.3) is 0 Å². The number of amides is 1. The van der Waals surface area contributed by atoms with Crippen LogP contribution < -0.4 is 0 Å². The lowest BCUT2D eigenvalue weighted by Gasteiger charge is -2.36. The van der Waals surface area contributed by atoms with E-state index in [1.54, 1.807) is 4.68 Å². The minimum Gasteiger partial charge on any atom is -0.339 e. The van der Waals surface area contributed by atoms with E-state index in [2.05, 4.69) is 47.3 Å². The van der Waals surface area contributed by atoms with Crippen molar-refractivity contribution in [3.8, 4) is 5.69 Å². The van der Waals surface area contributed by atoms with E-state index < -0.39 is 0 Å². The van der Waals surface area contributed by atoms with E-state index in [-0.39, 0.29) is 11.2 Å². The Hall–Kier alpha value is -1.89. The number of rotatable bonds is 5. The van der Waals surface area contributed by atoms with Gasteiger partial charge >= 0.3 is 0 Å². The first kappa shape index (κ1) is 18.9. The van der Waals surface area contributed by atoms with E-state index in [1.165, 1.54) is 23.7 Å². The number of piperidine rings is 1. The van der Waals surface area contributed by atoms with Gasteiger partial charge in [-0.15, -0.1) is 5.10 Å². The van der Waals surface area contributed by atoms with Crippen molar-refractivity contribution < 1.29 is 4.79 Å². The summed E-state index contributed by atoms with van der Waals surface area (Å²) in [7, 11) is 0. The van der Waals surface area contributed by atoms with Crippen molar-refractivity contribution in [3.63, 3.8) is 0 Å². The van der Waals surface area contributed by atoms with Crippen molar-refractivity contribution in [2.45, 2.75) is 69.8 Å². The van der Waals surface area contributed by atoms with Gasteiger partial charge in [0.15, 0.2) is 0 Å². The zero-order chi connectivity index (χ0) is 18.7. The summed E-state index contributed by atoms with van der Waals surface area (Å²) in [5.74, 6) is 0.192. The second-order valence-electron chi connectivity index (χ2n) is 6.94. The van der Waals surface area contributed by atoms with E-state index in [1.807, 2.05) is 19.1 Å². The number of tetrazole rings is 1. The molecule has 0 unspecified atom stereocenters. The summed E-state index contributed by atoms with van der Waals surface area (Å²) in [6, 6.07) is 6.45. The molecule has 1 aliphatic rings. The van der Waals surface area contributed by atoms with Gasteiger partial charge < -0.3 is 4.90 Å². The van der Waals surface area contributed by atoms with Crippen LogP contribution in [-0.4, -0.2) is 48.9 Å². The first-order chi connectivity index (χ1) is 12.5. The smallest absolute Gasteiger partial charge is 0.236 e. The van der Waals surface area contributed by atoms with E-state index in [9.17, 15) is 4.79 Å². The third kappa shape index (κ3) is 3.77. The maximum Gasteiger partial charge on any atom is 0.236 e. The van der Waals surface area contributed by atoms with Crippen molar-refractivity contribution in [1.29, 1.82) is 0 Å². The molecule has 1 aromatic carbocycles. The number of thioether (sulfide) groups is 1. The van der Waals surface area contributed by atoms with Crippen molar-refractivity contribution in [1.82, 2.24) is 25.1 Å². The monoisotopic (exact) mass is 373 g/mol. The van der Waals surface area contributed by atoms with Crippen LogP contribution in [0.4, 0.5) is 0 Å². The second-order valence-corrected chi connectivity index (χ2v) is 8.25. The van der Waals surface area contributed by atoms with Crippen LogP contribution in [0.3, 0.4) is 0 Å². The zero-order valence-electron chi connectivity index (χ0n) is 16.0. The highest BCUT2D eigenvalue weighted by molar-refractivity contribution is 8.00. The Morgan fingerprint density at radius 1 is 1.35 bits per heavy atom. The molecule has 1 amide bonds. The van der Waals surface area contributed by atoms with Gasteiger partial charge in [-0.25, -0.2) is 0 Å². The van der Waals surface area contributed by atoms with Crippen molar-refractivity contribution >= 4 is 17.7 Å². The molecule has 0 aliphatic carbocycles. The summed E-state index contributed by atoms with van der Waals surface area (Å²) in [6.45, 7) is 9.12. The number of likely N-dealkylation sites (tertiary alicyclic amines) is 1. The lowest BCUT2D eigenvalue weighted by atomic mass is 10.00. The predicted molar refractivity (Wildman–Crippen MR) is 104 cm³/mol. The number of nitrogens with zero attached hydrogens (tertiary/aromatic N) is 5. The van der Waals surface area contributed by atoms with E-state index in [4.69, 9.17) is 0 Å². The summed E-state index contributed by atoms with van der Waals surface area (Å²) >= 11 is 1.44. The number of carbonyl (C=O) groups excluding carboxylic acids is 1. The Morgan fingerprint density at radius 2 is 2.15 bits per heavy atom. The SMILES string of the molecule is CC[C@@H]1CCCCN1C(=O)[C@@H](C)Sc1nnnn1-c1cccc(C)c1C. The van der Waals surface area contributed by atoms with Crippen LogP contribution >= 0.6 is 11.8 Å². The molecule has 0 saturated carbocycles. The van der Waals surface area contributed by atoms with Gasteiger partial charge in [-0.05, 0) is 74.1 Å². The van der Waals surface area contributed by atoms with Gasteiger partial charge in [0.2, 0.25) is 11.1 Å². The second kappa shape index (κ2) is 8.20. The van der Waals surface area contributed by atoms with Crippen LogP contribution in [0.15, 0.2) is 23.4 Å². The fourth-order valence-corrected chi connectivity index (χ4v) is 4.40. The quantitative estimate of drug-likeness (QED) is 0.750. The standard InChI is InChI=1S/C19H27N5OS/c1-5-16-10-6-7-12-23(16)18(25)15(4)26-19-20-21-22-24(19)17-11-8-9-13(2)14(17)3/h8-9,11,15-16H,5-7,10,12H2,1-4H3/t15-,16-/m1/s1. The average molecular weight is 374 g/mol. The van der Waals surface area contributed by atoms with E-state index in [0.717, 1.165) is 37.1 Å². The minimum atomic E-state index is -0.211. The summed E-state index contributed by atoms with van der Waals surface area (Å²) in [4.78, 5) is 15.1. The van der Waals surface area contributed by atoms with E-state index >= 15 is 0 Å². The molecule has 0 N–H and O–H groups in total. The van der Waals surface area contributed by atoms with Gasteiger partial charge in [0, 0.05) is 12.6 Å². The number of carbonyl (C=O) groups is 1. The molecule has 1 fully saturated rings. The summed E-state index contributed by atoms with van der Waals surface area (Å²) in [6.07, 6.45) is 4.44. The summed E-state index contributed by atoms with van der Waals surface area (Å²) in [5, 5.41) is 12.6. The van der Waals surface area contributed by atoms with Gasteiger partial charge in [-0.2, -0.15) is 4.68 Å². The fourth-order valence-electron chi connectivity index (χ4n) is 3.53. The minimum absolute atomic E-state index is 0.192. The molecular formula is C19H27N5OS. The van der Waals surface area contributed by atoms with Gasteiger partial charge in [0.1, 0.15) is 0 Å². The van der Waals surface area contributed by atoms with Gasteiger partial charge in [-0.3, -0.25) is 4.79 Å². The first-order valence-corrected chi connectivity index (χ1v) is 10.2. The molecule has 0 spiro atoms. The molecule has 140 valence electrons. The molecule has 7 heteroatoms. The lowest BCUT2D eigenvalue weighted by Crippen LogP contribution is -2.46. The Balaban J connectivity index is 1.78. The first-order valence-electron chi connectivity index (χ1n) is 9.35. The zero-order valence-corrected chi connectivity index (χ0v) is 16.8. The van der Waals surface area contributed by atoms with Crippen LogP contribution in [-0.2, 0) is 4.79 Å². The number of benzene rings is 1. The van der Waals surface area contributed by atoms with Gasteiger partial charge in [0.05, 0.1) is 10.9 Å². The fraction of sp³-hybridized carbons (Fsp3) is 0.579. The van der Waals surface area contributed by atoms with Gasteiger partial charge in [-0.1, -0.05) is 30.8 Å². The molecule has 2 heterocycles. The molecular weight excluding hydrogens is 346 g/mol. The number of hydrogen-bond donors (Lipinski definition) is 0. The van der Waals surface area contributed by atoms with Crippen LogP contribution in [0.1, 0.15) is 50.7 Å². The Bertz CT molecular complexity index is 775. The van der Waals surface area contributed by atoms with Crippen LogP contribution in [0, 0.1) is 13.8 Å². The topological polar surface area (TPSA) is 63.9 Å². The molecule has 26 heavy (non-hydrogen) atoms. The normalized spacial score (nSPS) is 18.8. The molecule has 1 aliphatic heterocycles. The van der Waals surface area contributed by atoms with Crippen molar-refractivity contribution in [2.24, 2.45) is 0 Å². The lowest BCUT2D eigenvalue weighted by molar-refractivity contribution is -0.134. The maximum absolute atomic E-state index is 13.0. The van der Waals surface area contributed by atoms with E-state index in [0.29, 0.717) is 11.2 Å². The summed E-state index contributed by atoms with van der Waals surface area (Å²) < 4.78 is 1.74. The summed E-state index contributed by atoms with van der Waals surface area (Å²) in [5.41, 5.74) is 3.29. The third-order valence-electron chi connectivity index (χ3n) is 5.26. The van der Waals surface area contributed by atoms with Crippen LogP contribution in [0.5, 0.6) is 0 Å². The largest absolute Gasteiger partial charge is 0.339 e. The molecule has 6 nitrogen and oxygen atoms in total. The highest BCUT2D eigenvalue weighted by atomic mass is 32.2. The van der Waals surface area contributed by atoms with Crippen molar-refractivity contribution in [2.75, 3.05) is 6.54 Å². The number of aromatic nitrogens is 4. The third-order valence-corrected chi connectivity index (χ3v) is 6.28.